The van der Waals surface area contributed by atoms with Crippen molar-refractivity contribution in [2.24, 2.45) is 0 Å². The summed E-state index contributed by atoms with van der Waals surface area (Å²) in [5.74, 6) is 0.849. The second kappa shape index (κ2) is 5.30. The highest BCUT2D eigenvalue weighted by Crippen LogP contribution is 2.18. The van der Waals surface area contributed by atoms with E-state index in [1.165, 1.54) is 0 Å². The van der Waals surface area contributed by atoms with Crippen molar-refractivity contribution in [2.75, 3.05) is 23.9 Å². The molecular formula is C10H16N6OS. The van der Waals surface area contributed by atoms with Crippen LogP contribution in [0.3, 0.4) is 0 Å². The molecule has 2 aromatic rings. The van der Waals surface area contributed by atoms with Crippen LogP contribution in [0.15, 0.2) is 6.20 Å². The molecule has 0 saturated heterocycles. The Balaban J connectivity index is 2.07. The predicted molar refractivity (Wildman–Crippen MR) is 72.7 cm³/mol. The average Bonchev–Trinajstić information content (AvgIpc) is 2.76. The summed E-state index contributed by atoms with van der Waals surface area (Å²) in [6.07, 6.45) is 4.16. The molecule has 0 saturated carbocycles. The minimum atomic E-state index is -0.808. The summed E-state index contributed by atoms with van der Waals surface area (Å²) in [5.41, 5.74) is 6.21. The monoisotopic (exact) mass is 268 g/mol. The van der Waals surface area contributed by atoms with Crippen LogP contribution in [-0.2, 0) is 10.8 Å². The van der Waals surface area contributed by atoms with E-state index >= 15 is 0 Å². The molecule has 0 amide bonds. The maximum absolute atomic E-state index is 11.2. The van der Waals surface area contributed by atoms with Crippen LogP contribution in [0, 0.1) is 0 Å². The first kappa shape index (κ1) is 12.7. The number of rotatable bonds is 5. The third-order valence-corrected chi connectivity index (χ3v) is 4.11. The number of aromatic nitrogens is 4. The lowest BCUT2D eigenvalue weighted by atomic mass is 10.3. The van der Waals surface area contributed by atoms with E-state index in [2.05, 4.69) is 25.5 Å². The van der Waals surface area contributed by atoms with E-state index in [9.17, 15) is 4.21 Å². The van der Waals surface area contributed by atoms with Gasteiger partial charge in [-0.25, -0.2) is 0 Å². The summed E-state index contributed by atoms with van der Waals surface area (Å²) in [5, 5.41) is 10.8. The van der Waals surface area contributed by atoms with Crippen molar-refractivity contribution < 1.29 is 4.21 Å². The molecule has 0 bridgehead atoms. The molecule has 2 atom stereocenters. The highest BCUT2D eigenvalue weighted by atomic mass is 32.2. The van der Waals surface area contributed by atoms with E-state index in [0.717, 1.165) is 11.8 Å². The van der Waals surface area contributed by atoms with Crippen LogP contribution in [0.2, 0.25) is 0 Å². The molecule has 0 radical (unpaired) electrons. The van der Waals surface area contributed by atoms with E-state index in [0.29, 0.717) is 18.0 Å². The van der Waals surface area contributed by atoms with Crippen LogP contribution in [-0.4, -0.2) is 42.4 Å². The van der Waals surface area contributed by atoms with Crippen LogP contribution < -0.4 is 11.1 Å². The van der Waals surface area contributed by atoms with Gasteiger partial charge in [-0.2, -0.15) is 15.1 Å². The lowest BCUT2D eigenvalue weighted by Crippen LogP contribution is -2.15. The summed E-state index contributed by atoms with van der Waals surface area (Å²) in [6, 6.07) is 0. The molecule has 98 valence electrons. The maximum atomic E-state index is 11.2. The third-order valence-electron chi connectivity index (χ3n) is 2.74. The zero-order valence-corrected chi connectivity index (χ0v) is 11.1. The number of nitrogens with one attached hydrogen (secondary N) is 2. The van der Waals surface area contributed by atoms with Gasteiger partial charge >= 0.3 is 0 Å². The molecule has 0 aliphatic rings. The van der Waals surface area contributed by atoms with Gasteiger partial charge in [0.25, 0.3) is 0 Å². The fourth-order valence-electron chi connectivity index (χ4n) is 1.55. The van der Waals surface area contributed by atoms with Crippen molar-refractivity contribution in [3.63, 3.8) is 0 Å². The molecule has 2 unspecified atom stereocenters. The quantitative estimate of drug-likeness (QED) is 0.728. The Bertz CT molecular complexity index is 568. The smallest absolute Gasteiger partial charge is 0.224 e. The largest absolute Gasteiger partial charge is 0.369 e. The minimum Gasteiger partial charge on any atom is -0.369 e. The molecular weight excluding hydrogens is 252 g/mol. The molecule has 0 fully saturated rings. The molecule has 2 rings (SSSR count). The standard InChI is InChI=1S/C10H16N6OS/c1-6(18(2)17)3-4-12-8-7-5-13-16-9(7)15-10(11)14-8/h5-6H,3-4H2,1-2H3,(H4,11,12,13,14,15,16). The molecule has 18 heavy (non-hydrogen) atoms. The number of hydrogen-bond donors (Lipinski definition) is 3. The Morgan fingerprint density at radius 1 is 1.56 bits per heavy atom. The lowest BCUT2D eigenvalue weighted by molar-refractivity contribution is 0.672. The number of hydrogen-bond acceptors (Lipinski definition) is 6. The van der Waals surface area contributed by atoms with Crippen molar-refractivity contribution in [3.8, 4) is 0 Å². The Kier molecular flexibility index (Phi) is 3.75. The number of nitrogens with zero attached hydrogens (tertiary/aromatic N) is 3. The zero-order valence-electron chi connectivity index (χ0n) is 10.3. The Morgan fingerprint density at radius 2 is 2.33 bits per heavy atom. The van der Waals surface area contributed by atoms with Crippen molar-refractivity contribution in [2.45, 2.75) is 18.6 Å². The highest BCUT2D eigenvalue weighted by Gasteiger charge is 2.09. The Morgan fingerprint density at radius 3 is 3.06 bits per heavy atom. The van der Waals surface area contributed by atoms with Gasteiger partial charge in [0.05, 0.1) is 11.6 Å². The molecule has 8 heteroatoms. The van der Waals surface area contributed by atoms with Gasteiger partial charge in [-0.15, -0.1) is 0 Å². The van der Waals surface area contributed by atoms with Gasteiger partial charge in [0.1, 0.15) is 5.82 Å². The normalized spacial score (nSPS) is 14.6. The predicted octanol–water partition coefficient (Wildman–Crippen LogP) is 0.504. The van der Waals surface area contributed by atoms with E-state index in [1.54, 1.807) is 12.5 Å². The van der Waals surface area contributed by atoms with Gasteiger partial charge in [0.15, 0.2) is 5.65 Å². The second-order valence-corrected chi connectivity index (χ2v) is 5.89. The van der Waals surface area contributed by atoms with E-state index in [-0.39, 0.29) is 11.2 Å². The average molecular weight is 268 g/mol. The van der Waals surface area contributed by atoms with Crippen LogP contribution >= 0.6 is 0 Å². The van der Waals surface area contributed by atoms with Crippen molar-refractivity contribution >= 4 is 33.6 Å². The molecule has 0 spiro atoms. The van der Waals surface area contributed by atoms with Crippen LogP contribution in [0.4, 0.5) is 11.8 Å². The van der Waals surface area contributed by atoms with Gasteiger partial charge in [0.2, 0.25) is 5.95 Å². The van der Waals surface area contributed by atoms with Crippen LogP contribution in [0.1, 0.15) is 13.3 Å². The molecule has 0 aromatic carbocycles. The summed E-state index contributed by atoms with van der Waals surface area (Å²) >= 11 is 0. The number of anilines is 2. The Labute approximate surface area is 107 Å². The SMILES string of the molecule is CC(CCNc1nc(N)nc2[nH]ncc12)S(C)=O. The van der Waals surface area contributed by atoms with Crippen molar-refractivity contribution in [3.05, 3.63) is 6.20 Å². The first-order valence-corrected chi connectivity index (χ1v) is 7.22. The summed E-state index contributed by atoms with van der Waals surface area (Å²) < 4.78 is 11.2. The third kappa shape index (κ3) is 2.76. The summed E-state index contributed by atoms with van der Waals surface area (Å²) in [7, 11) is -0.808. The first-order chi connectivity index (χ1) is 8.58. The molecule has 2 aromatic heterocycles. The van der Waals surface area contributed by atoms with Crippen LogP contribution in [0.5, 0.6) is 0 Å². The van der Waals surface area contributed by atoms with Gasteiger partial charge in [-0.3, -0.25) is 9.31 Å². The van der Waals surface area contributed by atoms with E-state index in [1.807, 2.05) is 6.92 Å². The van der Waals surface area contributed by atoms with Gasteiger partial charge < -0.3 is 11.1 Å². The number of nitrogens with two attached hydrogens (primary N) is 1. The topological polar surface area (TPSA) is 110 Å². The molecule has 7 nitrogen and oxygen atoms in total. The minimum absolute atomic E-state index is 0.150. The molecule has 2 heterocycles. The van der Waals surface area contributed by atoms with Crippen molar-refractivity contribution in [1.82, 2.24) is 20.2 Å². The molecule has 0 aliphatic heterocycles. The molecule has 0 aliphatic carbocycles. The van der Waals surface area contributed by atoms with Gasteiger partial charge in [0, 0.05) is 28.9 Å². The van der Waals surface area contributed by atoms with Crippen molar-refractivity contribution in [1.29, 1.82) is 0 Å². The van der Waals surface area contributed by atoms with Crippen LogP contribution in [0.25, 0.3) is 11.0 Å². The lowest BCUT2D eigenvalue weighted by Gasteiger charge is -2.10. The number of fused-ring (bicyclic) bond motifs is 1. The first-order valence-electron chi connectivity index (χ1n) is 5.60. The maximum Gasteiger partial charge on any atom is 0.224 e. The highest BCUT2D eigenvalue weighted by molar-refractivity contribution is 7.84. The number of aromatic amines is 1. The van der Waals surface area contributed by atoms with Gasteiger partial charge in [-0.1, -0.05) is 6.92 Å². The summed E-state index contributed by atoms with van der Waals surface area (Å²) in [6.45, 7) is 2.64. The fraction of sp³-hybridized carbons (Fsp3) is 0.500. The number of nitrogen functional groups attached to an aromatic ring is 1. The van der Waals surface area contributed by atoms with E-state index < -0.39 is 10.8 Å². The second-order valence-electron chi connectivity index (χ2n) is 4.09. The zero-order chi connectivity index (χ0) is 13.1. The van der Waals surface area contributed by atoms with E-state index in [4.69, 9.17) is 5.73 Å². The molecule has 4 N–H and O–H groups in total. The number of H-pyrrole nitrogens is 1. The van der Waals surface area contributed by atoms with Gasteiger partial charge in [-0.05, 0) is 6.42 Å². The Hall–Kier alpha value is -1.70. The summed E-state index contributed by atoms with van der Waals surface area (Å²) in [4.78, 5) is 8.16. The fourth-order valence-corrected chi connectivity index (χ4v) is 2.00.